The highest BCUT2D eigenvalue weighted by molar-refractivity contribution is 5.73. The molecule has 4 nitrogen and oxygen atoms in total. The van der Waals surface area contributed by atoms with Gasteiger partial charge in [0.25, 0.3) is 6.02 Å². The van der Waals surface area contributed by atoms with Gasteiger partial charge in [-0.15, -0.1) is 0 Å². The topological polar surface area (TPSA) is 56.8 Å². The van der Waals surface area contributed by atoms with Gasteiger partial charge in [0.05, 0.1) is 12.1 Å². The molecule has 2 N–H and O–H groups in total. The lowest BCUT2D eigenvalue weighted by atomic mass is 10.1. The monoisotopic (exact) mass is 234 g/mol. The summed E-state index contributed by atoms with van der Waals surface area (Å²) < 4.78 is 10.9. The first kappa shape index (κ1) is 11.8. The molecule has 0 spiro atoms. The van der Waals surface area contributed by atoms with Crippen molar-refractivity contribution in [2.24, 2.45) is 10.7 Å². The fourth-order valence-corrected chi connectivity index (χ4v) is 1.91. The van der Waals surface area contributed by atoms with Gasteiger partial charge >= 0.3 is 0 Å². The molecule has 1 aliphatic heterocycles. The normalized spacial score (nSPS) is 20.6. The number of amidine groups is 1. The quantitative estimate of drug-likeness (QED) is 0.865. The molecule has 17 heavy (non-hydrogen) atoms. The van der Waals surface area contributed by atoms with E-state index in [9.17, 15) is 0 Å². The van der Waals surface area contributed by atoms with E-state index in [1.807, 2.05) is 38.1 Å². The maximum absolute atomic E-state index is 5.83. The van der Waals surface area contributed by atoms with Crippen LogP contribution in [0.3, 0.4) is 0 Å². The van der Waals surface area contributed by atoms with Crippen LogP contribution in [0, 0.1) is 6.92 Å². The summed E-state index contributed by atoms with van der Waals surface area (Å²) in [7, 11) is 0. The number of aliphatic imine (C=N–C) groups is 1. The second-order valence-electron chi connectivity index (χ2n) is 4.41. The van der Waals surface area contributed by atoms with Crippen molar-refractivity contribution >= 4 is 6.02 Å². The van der Waals surface area contributed by atoms with Crippen molar-refractivity contribution in [1.82, 2.24) is 0 Å². The third-order valence-electron chi connectivity index (χ3n) is 2.66. The molecular weight excluding hydrogens is 216 g/mol. The zero-order valence-corrected chi connectivity index (χ0v) is 10.2. The zero-order chi connectivity index (χ0) is 12.3. The maximum atomic E-state index is 5.83. The molecule has 0 amide bonds. The minimum Gasteiger partial charge on any atom is -0.491 e. The lowest BCUT2D eigenvalue weighted by Gasteiger charge is -2.16. The molecule has 2 unspecified atom stereocenters. The molecule has 1 aromatic carbocycles. The summed E-state index contributed by atoms with van der Waals surface area (Å²) in [5, 5.41) is 0. The summed E-state index contributed by atoms with van der Waals surface area (Å²) in [6.45, 7) is 4.65. The van der Waals surface area contributed by atoms with Crippen LogP contribution in [0.25, 0.3) is 0 Å². The fourth-order valence-electron chi connectivity index (χ4n) is 1.91. The van der Waals surface area contributed by atoms with Gasteiger partial charge in [0.1, 0.15) is 12.4 Å². The Morgan fingerprint density at radius 3 is 3.06 bits per heavy atom. The lowest BCUT2D eigenvalue weighted by molar-refractivity contribution is 0.189. The number of benzene rings is 1. The zero-order valence-electron chi connectivity index (χ0n) is 10.2. The van der Waals surface area contributed by atoms with Crippen LogP contribution >= 0.6 is 0 Å². The fraction of sp³-hybridized carbons (Fsp3) is 0.462. The first-order valence-electron chi connectivity index (χ1n) is 5.83. The van der Waals surface area contributed by atoms with Gasteiger partial charge in [-0.05, 0) is 31.5 Å². The standard InChI is InChI=1S/C13H18N2O2/c1-9-4-3-5-12(6-9)17-10(2)7-11-8-16-13(14)15-11/h3-6,10-11H,7-8H2,1-2H3,(H2,14,15). The SMILES string of the molecule is Cc1cccc(OC(C)CC2COC(N)=N2)c1. The molecule has 0 fully saturated rings. The summed E-state index contributed by atoms with van der Waals surface area (Å²) >= 11 is 0. The summed E-state index contributed by atoms with van der Waals surface area (Å²) in [6.07, 6.45) is 0.911. The number of aryl methyl sites for hydroxylation is 1. The van der Waals surface area contributed by atoms with E-state index < -0.39 is 0 Å². The van der Waals surface area contributed by atoms with E-state index in [0.29, 0.717) is 6.61 Å². The minimum absolute atomic E-state index is 0.0973. The van der Waals surface area contributed by atoms with E-state index in [-0.39, 0.29) is 18.2 Å². The van der Waals surface area contributed by atoms with Crippen molar-refractivity contribution in [3.05, 3.63) is 29.8 Å². The Bertz CT molecular complexity index is 418. The lowest BCUT2D eigenvalue weighted by Crippen LogP contribution is -2.20. The third kappa shape index (κ3) is 3.37. The summed E-state index contributed by atoms with van der Waals surface area (Å²) in [5.41, 5.74) is 6.66. The van der Waals surface area contributed by atoms with Crippen LogP contribution in [0.5, 0.6) is 5.75 Å². The van der Waals surface area contributed by atoms with Crippen LogP contribution in [0.4, 0.5) is 0 Å². The smallest absolute Gasteiger partial charge is 0.282 e. The molecule has 0 radical (unpaired) electrons. The molecule has 0 saturated heterocycles. The molecule has 0 aromatic heterocycles. The van der Waals surface area contributed by atoms with E-state index in [2.05, 4.69) is 4.99 Å². The second-order valence-corrected chi connectivity index (χ2v) is 4.41. The predicted molar refractivity (Wildman–Crippen MR) is 67.2 cm³/mol. The van der Waals surface area contributed by atoms with Gasteiger partial charge in [0, 0.05) is 6.42 Å². The number of hydrogen-bond acceptors (Lipinski definition) is 4. The molecule has 0 bridgehead atoms. The minimum atomic E-state index is 0.0973. The highest BCUT2D eigenvalue weighted by atomic mass is 16.5. The third-order valence-corrected chi connectivity index (χ3v) is 2.66. The molecule has 2 rings (SSSR count). The average Bonchev–Trinajstić information content (AvgIpc) is 2.63. The molecule has 4 heteroatoms. The van der Waals surface area contributed by atoms with E-state index in [1.165, 1.54) is 5.56 Å². The van der Waals surface area contributed by atoms with Crippen LogP contribution < -0.4 is 10.5 Å². The molecule has 1 heterocycles. The Morgan fingerprint density at radius 2 is 2.41 bits per heavy atom. The highest BCUT2D eigenvalue weighted by Crippen LogP contribution is 2.17. The number of nitrogens with two attached hydrogens (primary N) is 1. The summed E-state index contributed by atoms with van der Waals surface area (Å²) in [5.74, 6) is 0.897. The molecule has 1 aliphatic rings. The average molecular weight is 234 g/mol. The van der Waals surface area contributed by atoms with Crippen LogP contribution in [-0.4, -0.2) is 24.8 Å². The molecule has 92 valence electrons. The molecule has 1 aromatic rings. The van der Waals surface area contributed by atoms with Crippen molar-refractivity contribution in [3.8, 4) is 5.75 Å². The van der Waals surface area contributed by atoms with Crippen molar-refractivity contribution in [2.75, 3.05) is 6.61 Å². The number of ether oxygens (including phenoxy) is 2. The van der Waals surface area contributed by atoms with Gasteiger partial charge in [-0.3, -0.25) is 0 Å². The van der Waals surface area contributed by atoms with Gasteiger partial charge in [-0.2, -0.15) is 0 Å². The molecule has 2 atom stereocenters. The maximum Gasteiger partial charge on any atom is 0.282 e. The van der Waals surface area contributed by atoms with E-state index >= 15 is 0 Å². The van der Waals surface area contributed by atoms with E-state index in [0.717, 1.165) is 12.2 Å². The number of hydrogen-bond donors (Lipinski definition) is 1. The van der Waals surface area contributed by atoms with Gasteiger partial charge < -0.3 is 15.2 Å². The first-order valence-corrected chi connectivity index (χ1v) is 5.83. The predicted octanol–water partition coefficient (Wildman–Crippen LogP) is 1.87. The number of rotatable bonds is 4. The molecular formula is C13H18N2O2. The van der Waals surface area contributed by atoms with Crippen LogP contribution in [0.1, 0.15) is 18.9 Å². The Balaban J connectivity index is 1.87. The van der Waals surface area contributed by atoms with Gasteiger partial charge in [0.2, 0.25) is 0 Å². The van der Waals surface area contributed by atoms with Crippen molar-refractivity contribution in [1.29, 1.82) is 0 Å². The Hall–Kier alpha value is -1.71. The largest absolute Gasteiger partial charge is 0.491 e. The van der Waals surface area contributed by atoms with Gasteiger partial charge in [-0.25, -0.2) is 4.99 Å². The van der Waals surface area contributed by atoms with Crippen molar-refractivity contribution < 1.29 is 9.47 Å². The number of nitrogens with zero attached hydrogens (tertiary/aromatic N) is 1. The van der Waals surface area contributed by atoms with Gasteiger partial charge in [0.15, 0.2) is 0 Å². The highest BCUT2D eigenvalue weighted by Gasteiger charge is 2.20. The van der Waals surface area contributed by atoms with Crippen molar-refractivity contribution in [3.63, 3.8) is 0 Å². The first-order chi connectivity index (χ1) is 8.13. The van der Waals surface area contributed by atoms with Crippen LogP contribution in [-0.2, 0) is 4.74 Å². The molecule has 0 aliphatic carbocycles. The Kier molecular flexibility index (Phi) is 3.52. The van der Waals surface area contributed by atoms with Gasteiger partial charge in [-0.1, -0.05) is 12.1 Å². The van der Waals surface area contributed by atoms with Crippen molar-refractivity contribution in [2.45, 2.75) is 32.4 Å². The Labute approximate surface area is 101 Å². The summed E-state index contributed by atoms with van der Waals surface area (Å²) in [6, 6.07) is 8.44. The van der Waals surface area contributed by atoms with E-state index in [1.54, 1.807) is 0 Å². The molecule has 0 saturated carbocycles. The van der Waals surface area contributed by atoms with E-state index in [4.69, 9.17) is 15.2 Å². The summed E-state index contributed by atoms with van der Waals surface area (Å²) in [4.78, 5) is 4.18. The van der Waals surface area contributed by atoms with Crippen LogP contribution in [0.15, 0.2) is 29.3 Å². The Morgan fingerprint density at radius 1 is 1.59 bits per heavy atom. The van der Waals surface area contributed by atoms with Crippen LogP contribution in [0.2, 0.25) is 0 Å². The second kappa shape index (κ2) is 5.08.